The van der Waals surface area contributed by atoms with Gasteiger partial charge in [-0.3, -0.25) is 4.55 Å². The van der Waals surface area contributed by atoms with Crippen molar-refractivity contribution in [2.75, 3.05) is 0 Å². The average molecular weight is 262 g/mol. The fraction of sp³-hybridized carbons (Fsp3) is 0.143. The number of halogens is 4. The summed E-state index contributed by atoms with van der Waals surface area (Å²) in [4.78, 5) is 0. The van der Waals surface area contributed by atoms with Crippen molar-refractivity contribution in [1.82, 2.24) is 0 Å². The van der Waals surface area contributed by atoms with Crippen LogP contribution in [0.25, 0.3) is 0 Å². The molecule has 1 rings (SSSR count). The van der Waals surface area contributed by atoms with Crippen molar-refractivity contribution in [3.05, 3.63) is 30.1 Å². The maximum Gasteiger partial charge on any atom is 0.522 e. The van der Waals surface area contributed by atoms with Crippen LogP contribution >= 0.6 is 0 Å². The van der Waals surface area contributed by atoms with E-state index in [0.717, 1.165) is 0 Å². The Morgan fingerprint density at radius 2 is 1.50 bits per heavy atom. The summed E-state index contributed by atoms with van der Waals surface area (Å²) in [7, 11) is -5.84. The molecule has 0 bridgehead atoms. The molecule has 4 nitrogen and oxygen atoms in total. The van der Waals surface area contributed by atoms with Crippen LogP contribution in [0.2, 0.25) is 0 Å². The second-order valence-corrected chi connectivity index (χ2v) is 3.79. The molecule has 0 spiro atoms. The molecule has 0 radical (unpaired) electrons. The van der Waals surface area contributed by atoms with E-state index in [-0.39, 0.29) is 5.75 Å². The smallest absolute Gasteiger partial charge is 0.505 e. The van der Waals surface area contributed by atoms with E-state index in [4.69, 9.17) is 18.1 Å². The Morgan fingerprint density at radius 3 is 1.69 bits per heavy atom. The molecular formula is C7H6F4O4S. The van der Waals surface area contributed by atoms with E-state index in [1.54, 1.807) is 6.07 Å². The van der Waals surface area contributed by atoms with Crippen LogP contribution in [0, 0.1) is 5.82 Å². The van der Waals surface area contributed by atoms with Gasteiger partial charge in [0.05, 0.1) is 0 Å². The predicted molar refractivity (Wildman–Crippen MR) is 45.7 cm³/mol. The molecule has 0 heterocycles. The first-order valence-electron chi connectivity index (χ1n) is 3.53. The minimum absolute atomic E-state index is 0.299. The van der Waals surface area contributed by atoms with Gasteiger partial charge in [0, 0.05) is 0 Å². The van der Waals surface area contributed by atoms with Crippen LogP contribution in [0.15, 0.2) is 24.3 Å². The topological polar surface area (TPSA) is 74.6 Å². The third-order valence-corrected chi connectivity index (χ3v) is 1.73. The number of para-hydroxylation sites is 1. The molecule has 0 aromatic heterocycles. The van der Waals surface area contributed by atoms with Gasteiger partial charge in [0.1, 0.15) is 0 Å². The van der Waals surface area contributed by atoms with Crippen LogP contribution in [-0.2, 0) is 10.1 Å². The molecule has 0 saturated carbocycles. The van der Waals surface area contributed by atoms with Gasteiger partial charge in [-0.1, -0.05) is 12.1 Å². The minimum atomic E-state index is -5.84. The molecule has 0 saturated heterocycles. The minimum Gasteiger partial charge on any atom is -0.505 e. The van der Waals surface area contributed by atoms with Crippen molar-refractivity contribution < 1.29 is 35.6 Å². The third-order valence-electron chi connectivity index (χ3n) is 1.14. The van der Waals surface area contributed by atoms with Gasteiger partial charge in [-0.15, -0.1) is 0 Å². The number of aromatic hydroxyl groups is 1. The molecule has 0 aliphatic heterocycles. The molecule has 0 amide bonds. The molecule has 0 atom stereocenters. The van der Waals surface area contributed by atoms with Crippen molar-refractivity contribution in [1.29, 1.82) is 0 Å². The zero-order chi connectivity index (χ0) is 13.0. The Bertz CT molecular complexity index is 419. The molecule has 2 N–H and O–H groups in total. The lowest BCUT2D eigenvalue weighted by Gasteiger charge is -1.97. The number of benzene rings is 1. The first-order chi connectivity index (χ1) is 7.05. The standard InChI is InChI=1S/C6H5FO.CHF3O3S/c7-5-3-1-2-4-6(5)8;2-1(3,4)8(5,6)7/h1-4,8H;(H,5,6,7). The average Bonchev–Trinajstić information content (AvgIpc) is 2.08. The molecule has 16 heavy (non-hydrogen) atoms. The largest absolute Gasteiger partial charge is 0.522 e. The van der Waals surface area contributed by atoms with Crippen molar-refractivity contribution in [2.45, 2.75) is 5.51 Å². The van der Waals surface area contributed by atoms with E-state index >= 15 is 0 Å². The summed E-state index contributed by atoms with van der Waals surface area (Å²) in [5, 5.41) is 8.54. The molecule has 0 aliphatic carbocycles. The van der Waals surface area contributed by atoms with Crippen LogP contribution in [-0.4, -0.2) is 23.6 Å². The van der Waals surface area contributed by atoms with Crippen LogP contribution in [0.3, 0.4) is 0 Å². The van der Waals surface area contributed by atoms with Gasteiger partial charge in [0.25, 0.3) is 0 Å². The first kappa shape index (κ1) is 14.6. The summed E-state index contributed by atoms with van der Waals surface area (Å²) in [5.41, 5.74) is -5.53. The Hall–Kier alpha value is -1.35. The van der Waals surface area contributed by atoms with E-state index in [1.807, 2.05) is 0 Å². The fourth-order valence-electron chi connectivity index (χ4n) is 0.452. The highest BCUT2D eigenvalue weighted by Crippen LogP contribution is 2.20. The maximum absolute atomic E-state index is 12.1. The van der Waals surface area contributed by atoms with Gasteiger partial charge < -0.3 is 5.11 Å². The van der Waals surface area contributed by atoms with Crippen molar-refractivity contribution in [3.63, 3.8) is 0 Å². The summed E-state index contributed by atoms with van der Waals surface area (Å²) in [6.45, 7) is 0. The maximum atomic E-state index is 12.1. The summed E-state index contributed by atoms with van der Waals surface area (Å²) >= 11 is 0. The molecule has 9 heteroatoms. The summed E-state index contributed by atoms with van der Waals surface area (Å²) in [6.07, 6.45) is 0. The monoisotopic (exact) mass is 262 g/mol. The first-order valence-corrected chi connectivity index (χ1v) is 4.97. The molecule has 0 aliphatic rings. The molecule has 1 aromatic carbocycles. The van der Waals surface area contributed by atoms with Gasteiger partial charge in [-0.25, -0.2) is 4.39 Å². The molecule has 0 unspecified atom stereocenters. The van der Waals surface area contributed by atoms with Crippen molar-refractivity contribution in [2.24, 2.45) is 0 Å². The van der Waals surface area contributed by atoms with Crippen LogP contribution in [0.4, 0.5) is 17.6 Å². The zero-order valence-corrected chi connectivity index (χ0v) is 8.26. The number of hydrogen-bond donors (Lipinski definition) is 2. The zero-order valence-electron chi connectivity index (χ0n) is 7.44. The molecule has 92 valence electrons. The van der Waals surface area contributed by atoms with Crippen LogP contribution < -0.4 is 0 Å². The highest BCUT2D eigenvalue weighted by atomic mass is 32.2. The molecule has 0 fully saturated rings. The lowest BCUT2D eigenvalue weighted by atomic mass is 10.3. The van der Waals surface area contributed by atoms with Gasteiger partial charge >= 0.3 is 15.6 Å². The lowest BCUT2D eigenvalue weighted by Crippen LogP contribution is -2.21. The van der Waals surface area contributed by atoms with E-state index < -0.39 is 21.4 Å². The number of alkyl halides is 3. The predicted octanol–water partition coefficient (Wildman–Crippen LogP) is 1.93. The number of phenols is 1. The normalized spacial score (nSPS) is 11.6. The summed E-state index contributed by atoms with van der Waals surface area (Å²) in [5.74, 6) is -0.875. The lowest BCUT2D eigenvalue weighted by molar-refractivity contribution is -0.0510. The van der Waals surface area contributed by atoms with E-state index in [9.17, 15) is 17.6 Å². The highest BCUT2D eigenvalue weighted by Gasteiger charge is 2.44. The highest BCUT2D eigenvalue weighted by molar-refractivity contribution is 7.86. The van der Waals surface area contributed by atoms with E-state index in [0.29, 0.717) is 0 Å². The van der Waals surface area contributed by atoms with E-state index in [2.05, 4.69) is 0 Å². The van der Waals surface area contributed by atoms with Crippen LogP contribution in [0.1, 0.15) is 0 Å². The van der Waals surface area contributed by atoms with Gasteiger partial charge in [0.15, 0.2) is 11.6 Å². The second-order valence-electron chi connectivity index (χ2n) is 2.37. The number of hydrogen-bond acceptors (Lipinski definition) is 3. The van der Waals surface area contributed by atoms with Gasteiger partial charge in [-0.2, -0.15) is 21.6 Å². The van der Waals surface area contributed by atoms with Crippen molar-refractivity contribution >= 4 is 10.1 Å². The Kier molecular flexibility index (Phi) is 4.69. The quantitative estimate of drug-likeness (QED) is 0.425. The Balaban J connectivity index is 0.000000281. The summed E-state index contributed by atoms with van der Waals surface area (Å²) < 4.78 is 69.6. The summed E-state index contributed by atoms with van der Waals surface area (Å²) in [6, 6.07) is 5.60. The Labute approximate surface area is 87.9 Å². The Morgan fingerprint density at radius 1 is 1.12 bits per heavy atom. The SMILES string of the molecule is O=S(=O)(O)C(F)(F)F.Oc1ccccc1F. The second kappa shape index (κ2) is 5.12. The molecular weight excluding hydrogens is 256 g/mol. The fourth-order valence-corrected chi connectivity index (χ4v) is 0.452. The molecule has 1 aromatic rings. The van der Waals surface area contributed by atoms with E-state index in [1.165, 1.54) is 18.2 Å². The third kappa shape index (κ3) is 4.94. The van der Waals surface area contributed by atoms with Gasteiger partial charge in [0.2, 0.25) is 0 Å². The number of rotatable bonds is 0. The van der Waals surface area contributed by atoms with Gasteiger partial charge in [-0.05, 0) is 12.1 Å². The number of phenolic OH excluding ortho intramolecular Hbond substituents is 1. The van der Waals surface area contributed by atoms with Crippen LogP contribution in [0.5, 0.6) is 5.75 Å². The van der Waals surface area contributed by atoms with Crippen molar-refractivity contribution in [3.8, 4) is 5.75 Å².